The average molecular weight is 477 g/mol. The molecule has 4 rings (SSSR count). The lowest BCUT2D eigenvalue weighted by molar-refractivity contribution is 0.221. The first kappa shape index (κ1) is 24.4. The first-order valence-corrected chi connectivity index (χ1v) is 12.7. The van der Waals surface area contributed by atoms with Crippen molar-refractivity contribution < 1.29 is 0 Å². The first-order valence-electron chi connectivity index (χ1n) is 12.3. The largest absolute Gasteiger partial charge is 0.343 e. The number of rotatable bonds is 6. The standard InChI is InChI=1S/C28H36N4OS/c1-6-31-13-7-8-24(31)17-32(28(34)29-25-12-9-18(2)14-20(25)4)16-23-15-22-11-10-19(3)21(5)26(22)30-27(23)33/h9-12,14-15,24H,6-8,13,16-17H2,1-5H3,(H,29,34)(H,30,33)/t24-/m1/s1. The van der Waals surface area contributed by atoms with Crippen LogP contribution in [0.15, 0.2) is 41.2 Å². The molecule has 1 atom stereocenters. The molecule has 3 aromatic rings. The van der Waals surface area contributed by atoms with Crippen molar-refractivity contribution in [2.45, 2.75) is 60.0 Å². The van der Waals surface area contributed by atoms with Crippen LogP contribution < -0.4 is 10.9 Å². The molecule has 5 nitrogen and oxygen atoms in total. The average Bonchev–Trinajstić information content (AvgIpc) is 3.26. The Morgan fingerprint density at radius 3 is 2.68 bits per heavy atom. The lowest BCUT2D eigenvalue weighted by Crippen LogP contribution is -2.45. The lowest BCUT2D eigenvalue weighted by Gasteiger charge is -2.32. The molecule has 1 fully saturated rings. The van der Waals surface area contributed by atoms with Gasteiger partial charge in [-0.3, -0.25) is 9.69 Å². The number of hydrogen-bond donors (Lipinski definition) is 2. The van der Waals surface area contributed by atoms with Crippen LogP contribution in [0.5, 0.6) is 0 Å². The number of fused-ring (bicyclic) bond motifs is 1. The van der Waals surface area contributed by atoms with Gasteiger partial charge in [0.25, 0.3) is 5.56 Å². The van der Waals surface area contributed by atoms with E-state index in [0.717, 1.165) is 59.3 Å². The van der Waals surface area contributed by atoms with Crippen LogP contribution in [-0.4, -0.2) is 45.6 Å². The second kappa shape index (κ2) is 10.3. The first-order chi connectivity index (χ1) is 16.3. The third-order valence-electron chi connectivity index (χ3n) is 7.24. The van der Waals surface area contributed by atoms with Gasteiger partial charge in [-0.05, 0) is 100 Å². The number of likely N-dealkylation sites (N-methyl/N-ethyl adjacent to an activating group) is 1. The molecule has 0 radical (unpaired) electrons. The van der Waals surface area contributed by atoms with Crippen molar-refractivity contribution in [2.24, 2.45) is 0 Å². The van der Waals surface area contributed by atoms with E-state index in [1.807, 2.05) is 6.07 Å². The zero-order valence-electron chi connectivity index (χ0n) is 21.0. The van der Waals surface area contributed by atoms with Gasteiger partial charge in [-0.2, -0.15) is 0 Å². The fourth-order valence-electron chi connectivity index (χ4n) is 5.03. The maximum Gasteiger partial charge on any atom is 0.253 e. The molecule has 0 amide bonds. The summed E-state index contributed by atoms with van der Waals surface area (Å²) in [6.45, 7) is 14.0. The quantitative estimate of drug-likeness (QED) is 0.464. The molecule has 2 aromatic carbocycles. The molecule has 0 saturated carbocycles. The molecule has 1 aromatic heterocycles. The van der Waals surface area contributed by atoms with Crippen molar-refractivity contribution in [3.05, 3.63) is 74.6 Å². The van der Waals surface area contributed by atoms with Crippen LogP contribution in [0.3, 0.4) is 0 Å². The summed E-state index contributed by atoms with van der Waals surface area (Å²) in [6.07, 6.45) is 2.36. The van der Waals surface area contributed by atoms with Crippen LogP contribution >= 0.6 is 12.2 Å². The summed E-state index contributed by atoms with van der Waals surface area (Å²) in [5.41, 5.74) is 7.31. The lowest BCUT2D eigenvalue weighted by atomic mass is 10.0. The maximum absolute atomic E-state index is 13.1. The Morgan fingerprint density at radius 2 is 1.94 bits per heavy atom. The molecule has 2 heterocycles. The summed E-state index contributed by atoms with van der Waals surface area (Å²) in [4.78, 5) is 20.9. The van der Waals surface area contributed by atoms with Crippen LogP contribution in [0.4, 0.5) is 5.69 Å². The van der Waals surface area contributed by atoms with E-state index in [4.69, 9.17) is 12.2 Å². The van der Waals surface area contributed by atoms with Crippen molar-refractivity contribution in [3.63, 3.8) is 0 Å². The number of aryl methyl sites for hydroxylation is 4. The molecule has 1 aliphatic rings. The number of benzene rings is 2. The van der Waals surface area contributed by atoms with E-state index < -0.39 is 0 Å². The van der Waals surface area contributed by atoms with Crippen LogP contribution in [0.2, 0.25) is 0 Å². The molecule has 2 N–H and O–H groups in total. The molecule has 180 valence electrons. The van der Waals surface area contributed by atoms with Gasteiger partial charge in [-0.15, -0.1) is 0 Å². The second-order valence-electron chi connectivity index (χ2n) is 9.65. The second-order valence-corrected chi connectivity index (χ2v) is 10.0. The Bertz CT molecular complexity index is 1270. The van der Waals surface area contributed by atoms with E-state index in [0.29, 0.717) is 17.7 Å². The summed E-state index contributed by atoms with van der Waals surface area (Å²) in [7, 11) is 0. The predicted molar refractivity (Wildman–Crippen MR) is 147 cm³/mol. The van der Waals surface area contributed by atoms with Gasteiger partial charge in [-0.25, -0.2) is 0 Å². The van der Waals surface area contributed by atoms with Crippen LogP contribution in [0.1, 0.15) is 47.6 Å². The summed E-state index contributed by atoms with van der Waals surface area (Å²) < 4.78 is 0. The maximum atomic E-state index is 13.1. The molecule has 1 aliphatic heterocycles. The molecule has 6 heteroatoms. The Morgan fingerprint density at radius 1 is 1.15 bits per heavy atom. The van der Waals surface area contributed by atoms with E-state index in [1.165, 1.54) is 17.5 Å². The van der Waals surface area contributed by atoms with E-state index >= 15 is 0 Å². The number of nitrogens with one attached hydrogen (secondary N) is 2. The molecular formula is C28H36N4OS. The number of anilines is 1. The summed E-state index contributed by atoms with van der Waals surface area (Å²) in [5.74, 6) is 0. The van der Waals surface area contributed by atoms with Crippen molar-refractivity contribution in [3.8, 4) is 0 Å². The minimum atomic E-state index is -0.0423. The van der Waals surface area contributed by atoms with E-state index in [1.54, 1.807) is 0 Å². The predicted octanol–water partition coefficient (Wildman–Crippen LogP) is 5.45. The Labute approximate surface area is 208 Å². The van der Waals surface area contributed by atoms with Crippen LogP contribution in [-0.2, 0) is 6.54 Å². The van der Waals surface area contributed by atoms with Gasteiger partial charge in [0.1, 0.15) is 0 Å². The van der Waals surface area contributed by atoms with Crippen molar-refractivity contribution >= 4 is 33.9 Å². The van der Waals surface area contributed by atoms with Gasteiger partial charge >= 0.3 is 0 Å². The number of aromatic amines is 1. The topological polar surface area (TPSA) is 51.4 Å². The third kappa shape index (κ3) is 5.18. The van der Waals surface area contributed by atoms with Crippen molar-refractivity contribution in [2.75, 3.05) is 25.0 Å². The number of aromatic nitrogens is 1. The zero-order valence-corrected chi connectivity index (χ0v) is 21.8. The van der Waals surface area contributed by atoms with Gasteiger partial charge in [0.2, 0.25) is 0 Å². The smallest absolute Gasteiger partial charge is 0.253 e. The van der Waals surface area contributed by atoms with E-state index in [-0.39, 0.29) is 5.56 Å². The fourth-order valence-corrected chi connectivity index (χ4v) is 5.28. The minimum absolute atomic E-state index is 0.0423. The monoisotopic (exact) mass is 476 g/mol. The highest BCUT2D eigenvalue weighted by atomic mass is 32.1. The number of nitrogens with zero attached hydrogens (tertiary/aromatic N) is 2. The van der Waals surface area contributed by atoms with Gasteiger partial charge in [0.05, 0.1) is 12.1 Å². The molecule has 0 unspecified atom stereocenters. The molecule has 0 spiro atoms. The number of thiocarbonyl (C=S) groups is 1. The fraction of sp³-hybridized carbons (Fsp3) is 0.429. The molecular weight excluding hydrogens is 440 g/mol. The van der Waals surface area contributed by atoms with Gasteiger partial charge in [-0.1, -0.05) is 36.8 Å². The molecule has 34 heavy (non-hydrogen) atoms. The Balaban J connectivity index is 1.65. The van der Waals surface area contributed by atoms with E-state index in [2.05, 4.69) is 85.1 Å². The number of H-pyrrole nitrogens is 1. The minimum Gasteiger partial charge on any atom is -0.343 e. The highest BCUT2D eigenvalue weighted by Crippen LogP contribution is 2.23. The van der Waals surface area contributed by atoms with Crippen LogP contribution in [0.25, 0.3) is 10.9 Å². The van der Waals surface area contributed by atoms with E-state index in [9.17, 15) is 4.79 Å². The summed E-state index contributed by atoms with van der Waals surface area (Å²) in [5, 5.41) is 5.18. The zero-order chi connectivity index (χ0) is 24.4. The van der Waals surface area contributed by atoms with Gasteiger partial charge in [0.15, 0.2) is 5.11 Å². The summed E-state index contributed by atoms with van der Waals surface area (Å²) in [6, 6.07) is 13.0. The third-order valence-corrected chi connectivity index (χ3v) is 7.60. The summed E-state index contributed by atoms with van der Waals surface area (Å²) >= 11 is 5.92. The number of hydrogen-bond acceptors (Lipinski definition) is 3. The Hall–Kier alpha value is -2.70. The van der Waals surface area contributed by atoms with Gasteiger partial charge in [0, 0.05) is 23.8 Å². The van der Waals surface area contributed by atoms with Crippen molar-refractivity contribution in [1.82, 2.24) is 14.8 Å². The van der Waals surface area contributed by atoms with Crippen LogP contribution in [0, 0.1) is 27.7 Å². The molecule has 1 saturated heterocycles. The highest BCUT2D eigenvalue weighted by molar-refractivity contribution is 7.80. The SMILES string of the molecule is CCN1CCC[C@@H]1CN(Cc1cc2ccc(C)c(C)c2[nH]c1=O)C(=S)Nc1ccc(C)cc1C. The number of pyridine rings is 1. The normalized spacial score (nSPS) is 16.2. The Kier molecular flexibility index (Phi) is 7.39. The molecule has 0 bridgehead atoms. The molecule has 0 aliphatic carbocycles. The van der Waals surface area contributed by atoms with Crippen molar-refractivity contribution in [1.29, 1.82) is 0 Å². The number of likely N-dealkylation sites (tertiary alicyclic amines) is 1. The highest BCUT2D eigenvalue weighted by Gasteiger charge is 2.27. The van der Waals surface area contributed by atoms with Gasteiger partial charge < -0.3 is 15.2 Å².